The van der Waals surface area contributed by atoms with Crippen LogP contribution in [0.3, 0.4) is 0 Å². The Hall–Kier alpha value is -2.12. The molecule has 26 heavy (non-hydrogen) atoms. The van der Waals surface area contributed by atoms with Crippen LogP contribution >= 0.6 is 47.0 Å². The number of hydrogen-bond acceptors (Lipinski definition) is 3. The summed E-state index contributed by atoms with van der Waals surface area (Å²) in [5, 5.41) is 3.75. The first kappa shape index (κ1) is 20.2. The van der Waals surface area contributed by atoms with Crippen molar-refractivity contribution in [2.75, 3.05) is 0 Å². The van der Waals surface area contributed by atoms with E-state index in [-0.39, 0.29) is 5.11 Å². The predicted molar refractivity (Wildman–Crippen MR) is 108 cm³/mol. The fourth-order valence-electron chi connectivity index (χ4n) is 1.77. The Bertz CT molecular complexity index is 870. The van der Waals surface area contributed by atoms with E-state index in [4.69, 9.17) is 47.0 Å². The first-order chi connectivity index (χ1) is 12.3. The molecule has 2 amide bonds. The molecule has 0 saturated heterocycles. The van der Waals surface area contributed by atoms with Crippen LogP contribution in [0.4, 0.5) is 0 Å². The Morgan fingerprint density at radius 3 is 2.23 bits per heavy atom. The molecule has 134 valence electrons. The summed E-state index contributed by atoms with van der Waals surface area (Å²) in [6.45, 7) is 0. The third kappa shape index (κ3) is 6.31. The average Bonchev–Trinajstić information content (AvgIpc) is 2.59. The van der Waals surface area contributed by atoms with E-state index in [1.807, 2.05) is 0 Å². The minimum Gasteiger partial charge on any atom is -0.298 e. The first-order valence-corrected chi connectivity index (χ1v) is 8.69. The quantitative estimate of drug-likeness (QED) is 0.393. The zero-order chi connectivity index (χ0) is 19.1. The molecule has 2 aromatic carbocycles. The van der Waals surface area contributed by atoms with Crippen molar-refractivity contribution in [2.24, 2.45) is 0 Å². The van der Waals surface area contributed by atoms with Crippen LogP contribution in [0.2, 0.25) is 15.1 Å². The third-order valence-electron chi connectivity index (χ3n) is 3.01. The molecular formula is C17H12Cl3N3O2S. The Balaban J connectivity index is 1.83. The molecule has 0 radical (unpaired) electrons. The van der Waals surface area contributed by atoms with Crippen molar-refractivity contribution in [3.63, 3.8) is 0 Å². The van der Waals surface area contributed by atoms with Crippen molar-refractivity contribution in [3.05, 3.63) is 74.7 Å². The number of carbonyl (C=O) groups is 2. The lowest BCUT2D eigenvalue weighted by Crippen LogP contribution is -2.48. The van der Waals surface area contributed by atoms with E-state index in [2.05, 4.69) is 16.2 Å². The molecule has 0 bridgehead atoms. The molecule has 0 aliphatic rings. The van der Waals surface area contributed by atoms with Crippen molar-refractivity contribution in [3.8, 4) is 0 Å². The van der Waals surface area contributed by atoms with Crippen LogP contribution in [-0.2, 0) is 4.79 Å². The summed E-state index contributed by atoms with van der Waals surface area (Å²) in [4.78, 5) is 23.7. The van der Waals surface area contributed by atoms with Crippen LogP contribution in [0, 0.1) is 0 Å². The number of nitrogens with one attached hydrogen (secondary N) is 3. The van der Waals surface area contributed by atoms with Gasteiger partial charge in [-0.2, -0.15) is 0 Å². The Morgan fingerprint density at radius 2 is 1.58 bits per heavy atom. The van der Waals surface area contributed by atoms with Gasteiger partial charge >= 0.3 is 0 Å². The maximum absolute atomic E-state index is 11.9. The van der Waals surface area contributed by atoms with Gasteiger partial charge in [0.15, 0.2) is 5.11 Å². The number of rotatable bonds is 3. The van der Waals surface area contributed by atoms with Crippen LogP contribution in [0.1, 0.15) is 15.9 Å². The fourth-order valence-corrected chi connectivity index (χ4v) is 2.52. The van der Waals surface area contributed by atoms with Crippen molar-refractivity contribution in [1.82, 2.24) is 16.2 Å². The highest BCUT2D eigenvalue weighted by molar-refractivity contribution is 7.80. The van der Waals surface area contributed by atoms with Gasteiger partial charge in [0.25, 0.3) is 5.91 Å². The standard InChI is InChI=1S/C17H12Cl3N3O2S/c18-12-5-2-11(3-6-12)16(25)22-23-17(26)21-15(24)8-4-10-1-7-13(19)9-14(10)20/h1-9H,(H,22,25)(H2,21,23,24,26)/b8-4+. The van der Waals surface area contributed by atoms with E-state index >= 15 is 0 Å². The van der Waals surface area contributed by atoms with Crippen LogP contribution in [0.15, 0.2) is 48.5 Å². The number of benzene rings is 2. The van der Waals surface area contributed by atoms with E-state index in [0.717, 1.165) is 0 Å². The van der Waals surface area contributed by atoms with E-state index in [1.165, 1.54) is 12.2 Å². The van der Waals surface area contributed by atoms with Gasteiger partial charge in [-0.15, -0.1) is 0 Å². The highest BCUT2D eigenvalue weighted by Crippen LogP contribution is 2.21. The lowest BCUT2D eigenvalue weighted by Gasteiger charge is -2.09. The van der Waals surface area contributed by atoms with Gasteiger partial charge in [0, 0.05) is 26.7 Å². The molecule has 0 fully saturated rings. The molecule has 2 aromatic rings. The SMILES string of the molecule is O=C(/C=C/c1ccc(Cl)cc1Cl)NC(=S)NNC(=O)c1ccc(Cl)cc1. The van der Waals surface area contributed by atoms with Gasteiger partial charge in [-0.25, -0.2) is 0 Å². The van der Waals surface area contributed by atoms with E-state index < -0.39 is 11.8 Å². The number of hydrazine groups is 1. The van der Waals surface area contributed by atoms with Crippen LogP contribution in [0.5, 0.6) is 0 Å². The summed E-state index contributed by atoms with van der Waals surface area (Å²) in [5.74, 6) is -0.920. The van der Waals surface area contributed by atoms with Crippen molar-refractivity contribution >= 4 is 70.0 Å². The summed E-state index contributed by atoms with van der Waals surface area (Å²) >= 11 is 22.5. The van der Waals surface area contributed by atoms with E-state index in [1.54, 1.807) is 42.5 Å². The molecule has 0 aromatic heterocycles. The monoisotopic (exact) mass is 427 g/mol. The molecule has 9 heteroatoms. The van der Waals surface area contributed by atoms with Crippen LogP contribution in [0.25, 0.3) is 6.08 Å². The lowest BCUT2D eigenvalue weighted by atomic mass is 10.2. The molecule has 0 aliphatic heterocycles. The Labute approximate surface area is 170 Å². The second-order valence-corrected chi connectivity index (χ2v) is 6.59. The smallest absolute Gasteiger partial charge is 0.269 e. The molecule has 0 spiro atoms. The predicted octanol–water partition coefficient (Wildman–Crippen LogP) is 4.00. The topological polar surface area (TPSA) is 70.2 Å². The van der Waals surface area contributed by atoms with Crippen molar-refractivity contribution in [2.45, 2.75) is 0 Å². The summed E-state index contributed by atoms with van der Waals surface area (Å²) in [7, 11) is 0. The highest BCUT2D eigenvalue weighted by Gasteiger charge is 2.07. The van der Waals surface area contributed by atoms with Crippen LogP contribution < -0.4 is 16.2 Å². The number of thiocarbonyl (C=S) groups is 1. The van der Waals surface area contributed by atoms with Gasteiger partial charge in [0.2, 0.25) is 5.91 Å². The number of amides is 2. The largest absolute Gasteiger partial charge is 0.298 e. The van der Waals surface area contributed by atoms with Crippen molar-refractivity contribution < 1.29 is 9.59 Å². The van der Waals surface area contributed by atoms with Gasteiger partial charge in [-0.05, 0) is 60.3 Å². The minimum atomic E-state index is -0.491. The minimum absolute atomic E-state index is 0.0656. The van der Waals surface area contributed by atoms with Gasteiger partial charge in [-0.3, -0.25) is 25.8 Å². The average molecular weight is 429 g/mol. The third-order valence-corrected chi connectivity index (χ3v) is 4.03. The normalized spacial score (nSPS) is 10.4. The zero-order valence-corrected chi connectivity index (χ0v) is 16.1. The first-order valence-electron chi connectivity index (χ1n) is 7.15. The number of hydrogen-bond donors (Lipinski definition) is 3. The molecular weight excluding hydrogens is 417 g/mol. The Kier molecular flexibility index (Phi) is 7.41. The van der Waals surface area contributed by atoms with E-state index in [0.29, 0.717) is 26.2 Å². The molecule has 3 N–H and O–H groups in total. The molecule has 5 nitrogen and oxygen atoms in total. The van der Waals surface area contributed by atoms with Crippen molar-refractivity contribution in [1.29, 1.82) is 0 Å². The summed E-state index contributed by atoms with van der Waals surface area (Å²) in [5.41, 5.74) is 5.81. The molecule has 0 atom stereocenters. The van der Waals surface area contributed by atoms with E-state index in [9.17, 15) is 9.59 Å². The second-order valence-electron chi connectivity index (χ2n) is 4.90. The van der Waals surface area contributed by atoms with Crippen LogP contribution in [-0.4, -0.2) is 16.9 Å². The number of carbonyl (C=O) groups excluding carboxylic acids is 2. The van der Waals surface area contributed by atoms with Gasteiger partial charge in [0.05, 0.1) is 0 Å². The molecule has 0 saturated carbocycles. The summed E-state index contributed by atoms with van der Waals surface area (Å²) in [6.07, 6.45) is 2.77. The summed E-state index contributed by atoms with van der Waals surface area (Å²) in [6, 6.07) is 11.2. The second kappa shape index (κ2) is 9.54. The molecule has 2 rings (SSSR count). The lowest BCUT2D eigenvalue weighted by molar-refractivity contribution is -0.115. The van der Waals surface area contributed by atoms with Gasteiger partial charge < -0.3 is 0 Å². The zero-order valence-electron chi connectivity index (χ0n) is 13.1. The summed E-state index contributed by atoms with van der Waals surface area (Å²) < 4.78 is 0. The maximum Gasteiger partial charge on any atom is 0.269 e. The molecule has 0 heterocycles. The Morgan fingerprint density at radius 1 is 0.923 bits per heavy atom. The van der Waals surface area contributed by atoms with Gasteiger partial charge in [0.1, 0.15) is 0 Å². The number of halogens is 3. The fraction of sp³-hybridized carbons (Fsp3) is 0. The molecule has 0 aliphatic carbocycles. The maximum atomic E-state index is 11.9. The molecule has 0 unspecified atom stereocenters. The highest BCUT2D eigenvalue weighted by atomic mass is 35.5. The van der Waals surface area contributed by atoms with Gasteiger partial charge in [-0.1, -0.05) is 40.9 Å².